The Bertz CT molecular complexity index is 514. The van der Waals surface area contributed by atoms with Crippen LogP contribution in [0.15, 0.2) is 35.7 Å². The summed E-state index contributed by atoms with van der Waals surface area (Å²) in [5.41, 5.74) is 3.85. The summed E-state index contributed by atoms with van der Waals surface area (Å²) in [6, 6.07) is 9.94. The number of hydrogen-bond acceptors (Lipinski definition) is 5. The molecule has 0 radical (unpaired) electrons. The van der Waals surface area contributed by atoms with Gasteiger partial charge in [-0.05, 0) is 17.5 Å². The van der Waals surface area contributed by atoms with Crippen molar-refractivity contribution >= 4 is 11.3 Å². The molecule has 2 rings (SSSR count). The number of nitrogens with one attached hydrogen (secondary N) is 1. The first-order valence-electron chi connectivity index (χ1n) is 5.99. The highest BCUT2D eigenvalue weighted by molar-refractivity contribution is 7.09. The molecule has 3 N–H and O–H groups in total. The third-order valence-corrected chi connectivity index (χ3v) is 3.89. The van der Waals surface area contributed by atoms with Gasteiger partial charge in [0.2, 0.25) is 0 Å². The molecule has 0 saturated heterocycles. The molecule has 1 unspecified atom stereocenters. The molecule has 19 heavy (non-hydrogen) atoms. The minimum absolute atomic E-state index is 0.0105. The van der Waals surface area contributed by atoms with E-state index >= 15 is 0 Å². The van der Waals surface area contributed by atoms with Gasteiger partial charge in [0.1, 0.15) is 0 Å². The molecular weight excluding hydrogens is 260 g/mol. The van der Waals surface area contributed by atoms with Crippen molar-refractivity contribution in [3.8, 4) is 11.5 Å². The van der Waals surface area contributed by atoms with Gasteiger partial charge in [0.25, 0.3) is 0 Å². The Balaban J connectivity index is 2.32. The van der Waals surface area contributed by atoms with Gasteiger partial charge in [-0.1, -0.05) is 18.2 Å². The second-order valence-corrected chi connectivity index (χ2v) is 5.12. The van der Waals surface area contributed by atoms with Crippen molar-refractivity contribution in [1.82, 2.24) is 5.43 Å². The van der Waals surface area contributed by atoms with Crippen LogP contribution in [0.25, 0.3) is 0 Å². The standard InChI is InChI=1S/C14H18N2O2S/c1-17-13-7-3-6-11(14(13)18-2)12(16-15)9-10-5-4-8-19-10/h3-8,12,16H,9,15H2,1-2H3. The van der Waals surface area contributed by atoms with Gasteiger partial charge >= 0.3 is 0 Å². The average molecular weight is 278 g/mol. The van der Waals surface area contributed by atoms with E-state index < -0.39 is 0 Å². The molecule has 0 fully saturated rings. The minimum atomic E-state index is -0.0105. The first-order valence-corrected chi connectivity index (χ1v) is 6.87. The molecule has 0 amide bonds. The molecule has 0 aliphatic rings. The second kappa shape index (κ2) is 6.56. The van der Waals surface area contributed by atoms with Crippen molar-refractivity contribution < 1.29 is 9.47 Å². The summed E-state index contributed by atoms with van der Waals surface area (Å²) < 4.78 is 10.8. The Morgan fingerprint density at radius 1 is 1.21 bits per heavy atom. The fraction of sp³-hybridized carbons (Fsp3) is 0.286. The molecule has 0 spiro atoms. The van der Waals surface area contributed by atoms with Crippen LogP contribution in [0.1, 0.15) is 16.5 Å². The molecule has 1 aromatic heterocycles. The lowest BCUT2D eigenvalue weighted by Gasteiger charge is -2.20. The summed E-state index contributed by atoms with van der Waals surface area (Å²) >= 11 is 1.72. The number of hydrazine groups is 1. The van der Waals surface area contributed by atoms with E-state index in [4.69, 9.17) is 15.3 Å². The summed E-state index contributed by atoms with van der Waals surface area (Å²) in [5, 5.41) is 2.06. The lowest BCUT2D eigenvalue weighted by atomic mass is 10.0. The van der Waals surface area contributed by atoms with E-state index in [0.717, 1.165) is 17.7 Å². The normalized spacial score (nSPS) is 12.2. The molecular formula is C14H18N2O2S. The van der Waals surface area contributed by atoms with E-state index in [9.17, 15) is 0 Å². The van der Waals surface area contributed by atoms with Crippen molar-refractivity contribution in [3.05, 3.63) is 46.2 Å². The third-order valence-electron chi connectivity index (χ3n) is 3.00. The van der Waals surface area contributed by atoms with Crippen LogP contribution in [0.2, 0.25) is 0 Å². The quantitative estimate of drug-likeness (QED) is 0.630. The summed E-state index contributed by atoms with van der Waals surface area (Å²) in [6.07, 6.45) is 0.817. The van der Waals surface area contributed by atoms with Gasteiger partial charge in [0.15, 0.2) is 11.5 Å². The Kier molecular flexibility index (Phi) is 4.79. The van der Waals surface area contributed by atoms with Crippen molar-refractivity contribution in [2.24, 2.45) is 5.84 Å². The van der Waals surface area contributed by atoms with Crippen LogP contribution in [0.3, 0.4) is 0 Å². The van der Waals surface area contributed by atoms with Crippen LogP contribution in [-0.4, -0.2) is 14.2 Å². The molecule has 5 heteroatoms. The number of para-hydroxylation sites is 1. The third kappa shape index (κ3) is 3.07. The van der Waals surface area contributed by atoms with Crippen molar-refractivity contribution in [2.45, 2.75) is 12.5 Å². The van der Waals surface area contributed by atoms with Gasteiger partial charge in [-0.2, -0.15) is 0 Å². The van der Waals surface area contributed by atoms with E-state index in [1.165, 1.54) is 4.88 Å². The highest BCUT2D eigenvalue weighted by Crippen LogP contribution is 2.35. The molecule has 0 aliphatic carbocycles. The van der Waals surface area contributed by atoms with Gasteiger partial charge in [-0.25, -0.2) is 0 Å². The maximum atomic E-state index is 5.69. The summed E-state index contributed by atoms with van der Waals surface area (Å²) in [4.78, 5) is 1.27. The molecule has 4 nitrogen and oxygen atoms in total. The Hall–Kier alpha value is -1.56. The fourth-order valence-electron chi connectivity index (χ4n) is 2.07. The maximum absolute atomic E-state index is 5.69. The highest BCUT2D eigenvalue weighted by atomic mass is 32.1. The number of ether oxygens (including phenoxy) is 2. The van der Waals surface area contributed by atoms with E-state index in [2.05, 4.69) is 16.9 Å². The fourth-order valence-corrected chi connectivity index (χ4v) is 2.83. The smallest absolute Gasteiger partial charge is 0.165 e. The Labute approximate surface area is 117 Å². The minimum Gasteiger partial charge on any atom is -0.493 e. The van der Waals surface area contributed by atoms with Crippen LogP contribution in [-0.2, 0) is 6.42 Å². The van der Waals surface area contributed by atoms with Crippen molar-refractivity contribution in [2.75, 3.05) is 14.2 Å². The first-order chi connectivity index (χ1) is 9.30. The topological polar surface area (TPSA) is 56.5 Å². The van der Waals surface area contributed by atoms with Crippen LogP contribution in [0, 0.1) is 0 Å². The monoisotopic (exact) mass is 278 g/mol. The largest absolute Gasteiger partial charge is 0.493 e. The Morgan fingerprint density at radius 2 is 2.05 bits per heavy atom. The van der Waals surface area contributed by atoms with E-state index in [1.54, 1.807) is 25.6 Å². The summed E-state index contributed by atoms with van der Waals surface area (Å²) in [6.45, 7) is 0. The zero-order valence-electron chi connectivity index (χ0n) is 11.1. The number of nitrogens with two attached hydrogens (primary N) is 1. The summed E-state index contributed by atoms with van der Waals surface area (Å²) in [5.74, 6) is 7.14. The lowest BCUT2D eigenvalue weighted by Crippen LogP contribution is -2.29. The predicted molar refractivity (Wildman–Crippen MR) is 77.6 cm³/mol. The van der Waals surface area contributed by atoms with Crippen LogP contribution < -0.4 is 20.7 Å². The molecule has 1 atom stereocenters. The predicted octanol–water partition coefficient (Wildman–Crippen LogP) is 2.51. The number of thiophene rings is 1. The zero-order chi connectivity index (χ0) is 13.7. The SMILES string of the molecule is COc1cccc(C(Cc2cccs2)NN)c1OC. The van der Waals surface area contributed by atoms with E-state index in [-0.39, 0.29) is 6.04 Å². The number of methoxy groups -OCH3 is 2. The van der Waals surface area contributed by atoms with Crippen molar-refractivity contribution in [1.29, 1.82) is 0 Å². The molecule has 0 saturated carbocycles. The number of rotatable bonds is 6. The van der Waals surface area contributed by atoms with Gasteiger partial charge in [-0.3, -0.25) is 11.3 Å². The summed E-state index contributed by atoms with van der Waals surface area (Å²) in [7, 11) is 3.27. The molecule has 102 valence electrons. The second-order valence-electron chi connectivity index (χ2n) is 4.09. The first kappa shape index (κ1) is 13.9. The Morgan fingerprint density at radius 3 is 2.63 bits per heavy atom. The number of hydrogen-bond donors (Lipinski definition) is 2. The molecule has 0 bridgehead atoms. The van der Waals surface area contributed by atoms with Crippen LogP contribution in [0.4, 0.5) is 0 Å². The van der Waals surface area contributed by atoms with Crippen LogP contribution >= 0.6 is 11.3 Å². The van der Waals surface area contributed by atoms with Gasteiger partial charge < -0.3 is 9.47 Å². The van der Waals surface area contributed by atoms with Gasteiger partial charge in [-0.15, -0.1) is 11.3 Å². The number of benzene rings is 1. The molecule has 1 heterocycles. The molecule has 2 aromatic rings. The van der Waals surface area contributed by atoms with Gasteiger partial charge in [0.05, 0.1) is 20.3 Å². The average Bonchev–Trinajstić information content (AvgIpc) is 2.96. The lowest BCUT2D eigenvalue weighted by molar-refractivity contribution is 0.346. The van der Waals surface area contributed by atoms with Crippen molar-refractivity contribution in [3.63, 3.8) is 0 Å². The van der Waals surface area contributed by atoms with E-state index in [1.807, 2.05) is 24.3 Å². The maximum Gasteiger partial charge on any atom is 0.165 e. The molecule has 0 aliphatic heterocycles. The molecule has 1 aromatic carbocycles. The highest BCUT2D eigenvalue weighted by Gasteiger charge is 2.18. The zero-order valence-corrected chi connectivity index (χ0v) is 11.9. The van der Waals surface area contributed by atoms with Gasteiger partial charge in [0, 0.05) is 16.9 Å². The van der Waals surface area contributed by atoms with Crippen LogP contribution in [0.5, 0.6) is 11.5 Å². The van der Waals surface area contributed by atoms with E-state index in [0.29, 0.717) is 5.75 Å².